The molecule has 136 valence electrons. The van der Waals surface area contributed by atoms with E-state index in [9.17, 15) is 8.42 Å². The van der Waals surface area contributed by atoms with E-state index in [1.807, 2.05) is 6.92 Å². The molecular weight excluding hydrogens is 354 g/mol. The van der Waals surface area contributed by atoms with E-state index in [2.05, 4.69) is 30.6 Å². The number of aromatic amines is 1. The van der Waals surface area contributed by atoms with Gasteiger partial charge < -0.3 is 15.6 Å². The summed E-state index contributed by atoms with van der Waals surface area (Å²) in [5.41, 5.74) is 1.57. The van der Waals surface area contributed by atoms with Crippen LogP contribution in [0.15, 0.2) is 47.8 Å². The molecule has 0 amide bonds. The number of H-pyrrole nitrogens is 1. The van der Waals surface area contributed by atoms with Gasteiger partial charge in [0.25, 0.3) is 0 Å². The average Bonchev–Trinajstić information content (AvgIpc) is 3.11. The van der Waals surface area contributed by atoms with Crippen LogP contribution in [0.3, 0.4) is 0 Å². The van der Waals surface area contributed by atoms with Gasteiger partial charge in [0.2, 0.25) is 16.0 Å². The highest BCUT2D eigenvalue weighted by Crippen LogP contribution is 2.18. The summed E-state index contributed by atoms with van der Waals surface area (Å²) in [5.74, 6) is 2.02. The fourth-order valence-electron chi connectivity index (χ4n) is 2.27. The van der Waals surface area contributed by atoms with E-state index in [-0.39, 0.29) is 4.90 Å². The predicted molar refractivity (Wildman–Crippen MR) is 98.6 cm³/mol. The number of hydrogen-bond acceptors (Lipinski definition) is 7. The van der Waals surface area contributed by atoms with E-state index < -0.39 is 10.0 Å². The summed E-state index contributed by atoms with van der Waals surface area (Å²) in [7, 11) is -3.71. The lowest BCUT2D eigenvalue weighted by atomic mass is 10.3. The molecule has 0 aliphatic heterocycles. The van der Waals surface area contributed by atoms with Gasteiger partial charge >= 0.3 is 0 Å². The minimum absolute atomic E-state index is 0.0492. The van der Waals surface area contributed by atoms with E-state index in [0.717, 1.165) is 23.6 Å². The second-order valence-electron chi connectivity index (χ2n) is 5.63. The van der Waals surface area contributed by atoms with Crippen molar-refractivity contribution >= 4 is 27.5 Å². The lowest BCUT2D eigenvalue weighted by molar-refractivity contribution is 0.598. The first-order chi connectivity index (χ1) is 12.4. The molecule has 0 atom stereocenters. The zero-order chi connectivity index (χ0) is 18.6. The van der Waals surface area contributed by atoms with Crippen LogP contribution in [0.4, 0.5) is 17.5 Å². The molecule has 2 aromatic heterocycles. The molecule has 0 saturated heterocycles. The Kier molecular flexibility index (Phi) is 5.14. The fourth-order valence-corrected chi connectivity index (χ4v) is 2.79. The van der Waals surface area contributed by atoms with E-state index in [1.165, 1.54) is 12.1 Å². The summed E-state index contributed by atoms with van der Waals surface area (Å²) in [4.78, 5) is 16.0. The first-order valence-electron chi connectivity index (χ1n) is 7.87. The standard InChI is InChI=1S/C16H19N7O2S/c1-11-10-21-16(22-12-2-4-13(5-3-12)26(17,24)25)23-15(11)20-7-6-14-18-8-9-19-14/h2-5,8-10H,6-7H2,1H3,(H,18,19)(H2,17,24,25)(H2,20,21,22,23). The Bertz CT molecular complexity index is 970. The van der Waals surface area contributed by atoms with Crippen molar-refractivity contribution in [2.24, 2.45) is 5.14 Å². The molecule has 0 saturated carbocycles. The van der Waals surface area contributed by atoms with Crippen LogP contribution in [0.25, 0.3) is 0 Å². The monoisotopic (exact) mass is 373 g/mol. The van der Waals surface area contributed by atoms with Gasteiger partial charge in [0.15, 0.2) is 0 Å². The largest absolute Gasteiger partial charge is 0.369 e. The summed E-state index contributed by atoms with van der Waals surface area (Å²) < 4.78 is 22.6. The smallest absolute Gasteiger partial charge is 0.238 e. The van der Waals surface area contributed by atoms with E-state index in [0.29, 0.717) is 18.2 Å². The molecular formula is C16H19N7O2S. The van der Waals surface area contributed by atoms with Gasteiger partial charge in [-0.15, -0.1) is 0 Å². The quantitative estimate of drug-likeness (QED) is 0.493. The van der Waals surface area contributed by atoms with Crippen molar-refractivity contribution in [3.63, 3.8) is 0 Å². The normalized spacial score (nSPS) is 11.3. The molecule has 2 heterocycles. The Morgan fingerprint density at radius 3 is 2.62 bits per heavy atom. The zero-order valence-electron chi connectivity index (χ0n) is 14.1. The van der Waals surface area contributed by atoms with Crippen molar-refractivity contribution in [3.8, 4) is 0 Å². The third kappa shape index (κ3) is 4.55. The first-order valence-corrected chi connectivity index (χ1v) is 9.42. The molecule has 0 radical (unpaired) electrons. The Balaban J connectivity index is 1.66. The maximum Gasteiger partial charge on any atom is 0.238 e. The van der Waals surface area contributed by atoms with Gasteiger partial charge in [-0.05, 0) is 31.2 Å². The first kappa shape index (κ1) is 17.8. The highest BCUT2D eigenvalue weighted by Gasteiger charge is 2.08. The molecule has 0 unspecified atom stereocenters. The van der Waals surface area contributed by atoms with E-state index >= 15 is 0 Å². The van der Waals surface area contributed by atoms with Crippen molar-refractivity contribution in [2.75, 3.05) is 17.2 Å². The molecule has 10 heteroatoms. The lowest BCUT2D eigenvalue weighted by Crippen LogP contribution is -2.12. The maximum atomic E-state index is 11.3. The molecule has 0 bridgehead atoms. The lowest BCUT2D eigenvalue weighted by Gasteiger charge is -2.11. The van der Waals surface area contributed by atoms with Crippen LogP contribution in [0.5, 0.6) is 0 Å². The molecule has 1 aromatic carbocycles. The van der Waals surface area contributed by atoms with Crippen molar-refractivity contribution in [3.05, 3.63) is 54.2 Å². The number of rotatable bonds is 7. The molecule has 9 nitrogen and oxygen atoms in total. The summed E-state index contributed by atoms with van der Waals surface area (Å²) >= 11 is 0. The molecule has 0 fully saturated rings. The number of nitrogens with zero attached hydrogens (tertiary/aromatic N) is 3. The van der Waals surface area contributed by atoms with Crippen molar-refractivity contribution in [2.45, 2.75) is 18.2 Å². The van der Waals surface area contributed by atoms with Crippen molar-refractivity contribution in [1.29, 1.82) is 0 Å². The number of imidazole rings is 1. The second kappa shape index (κ2) is 7.50. The average molecular weight is 373 g/mol. The van der Waals surface area contributed by atoms with Gasteiger partial charge in [-0.25, -0.2) is 23.5 Å². The molecule has 3 aromatic rings. The number of benzene rings is 1. The topological polar surface area (TPSA) is 139 Å². The van der Waals surface area contributed by atoms with E-state index in [1.54, 1.807) is 30.7 Å². The Morgan fingerprint density at radius 1 is 1.19 bits per heavy atom. The number of anilines is 3. The van der Waals surface area contributed by atoms with Gasteiger partial charge in [0.05, 0.1) is 4.90 Å². The van der Waals surface area contributed by atoms with Crippen LogP contribution in [-0.4, -0.2) is 34.9 Å². The summed E-state index contributed by atoms with van der Waals surface area (Å²) in [6, 6.07) is 6.06. The van der Waals surface area contributed by atoms with Crippen LogP contribution in [0.1, 0.15) is 11.4 Å². The molecule has 26 heavy (non-hydrogen) atoms. The minimum Gasteiger partial charge on any atom is -0.369 e. The van der Waals surface area contributed by atoms with Crippen LogP contribution in [0, 0.1) is 6.92 Å². The number of nitrogens with two attached hydrogens (primary N) is 1. The fraction of sp³-hybridized carbons (Fsp3) is 0.188. The summed E-state index contributed by atoms with van der Waals surface area (Å²) in [6.45, 7) is 2.59. The van der Waals surface area contributed by atoms with E-state index in [4.69, 9.17) is 5.14 Å². The highest BCUT2D eigenvalue weighted by atomic mass is 32.2. The Labute approximate surface area is 151 Å². The number of hydrogen-bond donors (Lipinski definition) is 4. The zero-order valence-corrected chi connectivity index (χ0v) is 14.9. The molecule has 0 aliphatic rings. The highest BCUT2D eigenvalue weighted by molar-refractivity contribution is 7.89. The summed E-state index contributed by atoms with van der Waals surface area (Å²) in [6.07, 6.45) is 5.96. The van der Waals surface area contributed by atoms with Crippen LogP contribution >= 0.6 is 0 Å². The number of sulfonamides is 1. The van der Waals surface area contributed by atoms with Gasteiger partial charge in [-0.2, -0.15) is 4.98 Å². The number of aryl methyl sites for hydroxylation is 1. The van der Waals surface area contributed by atoms with Gasteiger partial charge in [-0.1, -0.05) is 0 Å². The van der Waals surface area contributed by atoms with Crippen LogP contribution in [-0.2, 0) is 16.4 Å². The predicted octanol–water partition coefficient (Wildman–Crippen LogP) is 1.55. The number of nitrogens with one attached hydrogen (secondary N) is 3. The third-order valence-corrected chi connectivity index (χ3v) is 4.55. The van der Waals surface area contributed by atoms with Crippen LogP contribution in [0.2, 0.25) is 0 Å². The van der Waals surface area contributed by atoms with Gasteiger partial charge in [-0.3, -0.25) is 0 Å². The Morgan fingerprint density at radius 2 is 1.96 bits per heavy atom. The molecule has 0 spiro atoms. The molecule has 3 rings (SSSR count). The SMILES string of the molecule is Cc1cnc(Nc2ccc(S(N)(=O)=O)cc2)nc1NCCc1ncc[nH]1. The molecule has 5 N–H and O–H groups in total. The van der Waals surface area contributed by atoms with Crippen molar-refractivity contribution in [1.82, 2.24) is 19.9 Å². The minimum atomic E-state index is -3.71. The summed E-state index contributed by atoms with van der Waals surface area (Å²) in [5, 5.41) is 11.4. The number of primary sulfonamides is 1. The molecule has 0 aliphatic carbocycles. The van der Waals surface area contributed by atoms with Crippen LogP contribution < -0.4 is 15.8 Å². The van der Waals surface area contributed by atoms with Gasteiger partial charge in [0.1, 0.15) is 11.6 Å². The second-order valence-corrected chi connectivity index (χ2v) is 7.19. The Hall–Kier alpha value is -2.98. The number of aromatic nitrogens is 4. The maximum absolute atomic E-state index is 11.3. The third-order valence-electron chi connectivity index (χ3n) is 3.62. The van der Waals surface area contributed by atoms with Crippen molar-refractivity contribution < 1.29 is 8.42 Å². The van der Waals surface area contributed by atoms with Gasteiger partial charge in [0, 0.05) is 42.8 Å².